The second kappa shape index (κ2) is 0.243. The third-order valence-electron chi connectivity index (χ3n) is 0.274. The fourth-order valence-corrected chi connectivity index (χ4v) is 0.0408. The van der Waals surface area contributed by atoms with Crippen LogP contribution in [0.2, 0.25) is 0 Å². The van der Waals surface area contributed by atoms with E-state index in [9.17, 15) is 0 Å². The molecule has 0 atom stereocenters. The van der Waals surface area contributed by atoms with Crippen LogP contribution < -0.4 is 0 Å². The van der Waals surface area contributed by atoms with E-state index in [0.29, 0.717) is 0 Å². The monoisotopic (exact) mass is 60.0 g/mol. The van der Waals surface area contributed by atoms with Gasteiger partial charge in [0.2, 0.25) is 0 Å². The minimum absolute atomic E-state index is 1.50. The van der Waals surface area contributed by atoms with Gasteiger partial charge in [0.25, 0.3) is 0 Å². The first-order valence-electron chi connectivity index (χ1n) is 1.06. The fraction of sp³-hybridized carbons (Fsp3) is 1.00. The molecule has 0 aliphatic rings. The highest BCUT2D eigenvalue weighted by Gasteiger charge is 1.73. The normalized spacial score (nSPS) is 9.25. The van der Waals surface area contributed by atoms with Crippen LogP contribution in [0.15, 0.2) is 4.63 Å². The Bertz CT molecular complexity index is 64.6. The molecule has 3 nitrogen and oxygen atoms in total. The Morgan fingerprint density at radius 3 is 2.25 bits per heavy atom. The van der Waals surface area contributed by atoms with Crippen LogP contribution in [-0.2, 0) is 7.05 Å². The van der Waals surface area contributed by atoms with Gasteiger partial charge >= 0.3 is 0 Å². The molecule has 0 bridgehead atoms. The molecule has 0 radical (unpaired) electrons. The predicted molar refractivity (Wildman–Crippen MR) is 12.0 cm³/mol. The Labute approximate surface area is 23.1 Å². The molecule has 0 saturated carbocycles. The van der Waals surface area contributed by atoms with Crippen LogP contribution in [0.25, 0.3) is 0 Å². The van der Waals surface area contributed by atoms with Gasteiger partial charge in [-0.1, -0.05) is 4.85 Å². The number of H-pyrrole nitrogens is 1. The van der Waals surface area contributed by atoms with Crippen LogP contribution in [0.3, 0.4) is 0 Å². The average Bonchev–Trinajstić information content (AvgIpc) is 1.75. The quantitative estimate of drug-likeness (QED) is 0.447. The molecule has 1 heterocycles. The van der Waals surface area contributed by atoms with Crippen LogP contribution in [0.4, 0.5) is 0 Å². The molecule has 4 heavy (non-hydrogen) atoms. The second-order valence-electron chi connectivity index (χ2n) is 0.680. The molecule has 0 amide bonds. The Morgan fingerprint density at radius 1 is 2.00 bits per heavy atom. The zero-order chi connectivity index (χ0) is 2.99. The number of aryl methyl sites for hydroxylation is 1. The molecule has 0 aliphatic carbocycles. The largest absolute Gasteiger partial charge is 0.258 e. The molecule has 24 valence electrons. The molecular formula is CH4N2O. The summed E-state index contributed by atoms with van der Waals surface area (Å²) in [5.74, 6) is 0. The lowest BCUT2D eigenvalue weighted by Crippen LogP contribution is -1.60. The summed E-state index contributed by atoms with van der Waals surface area (Å²) in [5, 5.41) is 2.43. The lowest BCUT2D eigenvalue weighted by atomic mass is 11.5. The number of aromatic nitrogens is 2. The van der Waals surface area contributed by atoms with Crippen molar-refractivity contribution < 1.29 is 4.63 Å². The van der Waals surface area contributed by atoms with Crippen molar-refractivity contribution in [2.24, 2.45) is 7.05 Å². The van der Waals surface area contributed by atoms with Gasteiger partial charge in [-0.2, -0.15) is 0 Å². The Kier molecular flexibility index (Phi) is 0.103. The summed E-state index contributed by atoms with van der Waals surface area (Å²) in [4.78, 5) is 1.50. The van der Waals surface area contributed by atoms with Crippen molar-refractivity contribution in [3.05, 3.63) is 0 Å². The molecule has 1 N–H and O–H groups in total. The van der Waals surface area contributed by atoms with Crippen molar-refractivity contribution in [1.82, 2.24) is 10.1 Å². The smallest absolute Gasteiger partial charge is 0.0679 e. The predicted octanol–water partition coefficient (Wildman–Crippen LogP) is -0.0538. The van der Waals surface area contributed by atoms with E-state index >= 15 is 0 Å². The zero-order valence-corrected chi connectivity index (χ0v) is 2.36. The van der Waals surface area contributed by atoms with Crippen LogP contribution in [0, 0.1) is 0 Å². The summed E-state index contributed by atoms with van der Waals surface area (Å²) in [6.45, 7) is 0. The highest BCUT2D eigenvalue weighted by Crippen LogP contribution is 1.68. The third-order valence-corrected chi connectivity index (χ3v) is 0.274. The summed E-state index contributed by atoms with van der Waals surface area (Å²) in [7, 11) is 1.78. The molecule has 1 rings (SSSR count). The van der Waals surface area contributed by atoms with Crippen molar-refractivity contribution in [2.75, 3.05) is 0 Å². The van der Waals surface area contributed by atoms with Crippen molar-refractivity contribution >= 4 is 0 Å². The van der Waals surface area contributed by atoms with Crippen molar-refractivity contribution in [3.8, 4) is 0 Å². The number of rotatable bonds is 0. The van der Waals surface area contributed by atoms with Crippen molar-refractivity contribution in [3.63, 3.8) is 0 Å². The zero-order valence-electron chi connectivity index (χ0n) is 2.36. The summed E-state index contributed by atoms with van der Waals surface area (Å²) in [6.07, 6.45) is 0. The van der Waals surface area contributed by atoms with Crippen LogP contribution >= 0.6 is 0 Å². The van der Waals surface area contributed by atoms with Gasteiger partial charge in [0.1, 0.15) is 0 Å². The maximum Gasteiger partial charge on any atom is 0.0679 e. The van der Waals surface area contributed by atoms with E-state index in [2.05, 4.69) is 9.90 Å². The standard InChI is InChI=1S/CH4N2O/c1-3-2-4-3/h2H,1H3. The van der Waals surface area contributed by atoms with Gasteiger partial charge in [-0.15, -0.1) is 5.27 Å². The summed E-state index contributed by atoms with van der Waals surface area (Å²) in [5.41, 5.74) is 0. The van der Waals surface area contributed by atoms with E-state index in [1.807, 2.05) is 0 Å². The molecule has 0 unspecified atom stereocenters. The van der Waals surface area contributed by atoms with Crippen LogP contribution in [-0.4, -0.2) is 10.1 Å². The van der Waals surface area contributed by atoms with E-state index in [-0.39, 0.29) is 0 Å². The number of hydrogen-bond acceptors (Lipinski definition) is 1. The van der Waals surface area contributed by atoms with E-state index in [0.717, 1.165) is 0 Å². The second-order valence-corrected chi connectivity index (χ2v) is 0.680. The van der Waals surface area contributed by atoms with E-state index in [1.165, 1.54) is 4.85 Å². The Hall–Kier alpha value is -0.600. The van der Waals surface area contributed by atoms with Gasteiger partial charge in [0, 0.05) is 0 Å². The lowest BCUT2D eigenvalue weighted by Gasteiger charge is -1.42. The topological polar surface area (TPSA) is 33.9 Å². The molecule has 0 aromatic carbocycles. The highest BCUT2D eigenvalue weighted by molar-refractivity contribution is 3.89. The van der Waals surface area contributed by atoms with Gasteiger partial charge < -0.3 is 0 Å². The SMILES string of the molecule is Cn1[nH]o1. The maximum absolute atomic E-state index is 4.29. The summed E-state index contributed by atoms with van der Waals surface area (Å²) < 4.78 is 4.29. The molecule has 1 aromatic heterocycles. The van der Waals surface area contributed by atoms with Gasteiger partial charge in [-0.3, -0.25) is 4.63 Å². The molecule has 0 spiro atoms. The van der Waals surface area contributed by atoms with E-state index in [1.54, 1.807) is 7.05 Å². The Balaban J connectivity index is 2.81. The lowest BCUT2D eigenvalue weighted by molar-refractivity contribution is 0.471. The van der Waals surface area contributed by atoms with Crippen molar-refractivity contribution in [1.29, 1.82) is 0 Å². The number of hydrogen-bond donors (Lipinski definition) is 1. The molecular weight excluding hydrogens is 56.0 g/mol. The Morgan fingerprint density at radius 2 is 2.25 bits per heavy atom. The minimum atomic E-state index is 1.50. The number of aromatic amines is 1. The van der Waals surface area contributed by atoms with E-state index < -0.39 is 0 Å². The molecule has 0 saturated heterocycles. The number of nitrogens with zero attached hydrogens (tertiary/aromatic N) is 1. The highest BCUT2D eigenvalue weighted by atomic mass is 16.7. The minimum Gasteiger partial charge on any atom is -0.258 e. The van der Waals surface area contributed by atoms with Gasteiger partial charge in [0.15, 0.2) is 0 Å². The average molecular weight is 60.1 g/mol. The fourth-order valence-electron chi connectivity index (χ4n) is 0.0408. The number of nitrogens with one attached hydrogen (secondary N) is 1. The van der Waals surface area contributed by atoms with Crippen LogP contribution in [0.5, 0.6) is 0 Å². The van der Waals surface area contributed by atoms with Gasteiger partial charge in [-0.25, -0.2) is 0 Å². The van der Waals surface area contributed by atoms with Gasteiger partial charge in [0.05, 0.1) is 7.05 Å². The molecule has 1 aromatic rings. The third kappa shape index (κ3) is 0.0389. The first-order chi connectivity index (χ1) is 1.89. The molecule has 3 heteroatoms. The van der Waals surface area contributed by atoms with Crippen LogP contribution in [0.1, 0.15) is 0 Å². The first-order valence-corrected chi connectivity index (χ1v) is 1.06. The summed E-state index contributed by atoms with van der Waals surface area (Å²) >= 11 is 0. The van der Waals surface area contributed by atoms with E-state index in [4.69, 9.17) is 0 Å². The maximum atomic E-state index is 4.29. The molecule has 0 fully saturated rings. The molecule has 0 aliphatic heterocycles. The summed E-state index contributed by atoms with van der Waals surface area (Å²) in [6, 6.07) is 0. The first kappa shape index (κ1) is 1.69. The van der Waals surface area contributed by atoms with Crippen molar-refractivity contribution in [2.45, 2.75) is 0 Å². The van der Waals surface area contributed by atoms with Gasteiger partial charge in [-0.05, 0) is 0 Å².